The molecule has 0 radical (unpaired) electrons. The van der Waals surface area contributed by atoms with Gasteiger partial charge < -0.3 is 15.8 Å². The first kappa shape index (κ1) is 14.0. The minimum Gasteiger partial charge on any atom is -0.384 e. The first-order chi connectivity index (χ1) is 9.70. The number of ether oxygens (including phenoxy) is 1. The zero-order valence-corrected chi connectivity index (χ0v) is 11.1. The smallest absolute Gasteiger partial charge is 0.253 e. The van der Waals surface area contributed by atoms with Crippen LogP contribution in [-0.4, -0.2) is 29.6 Å². The number of rotatable bonds is 5. The van der Waals surface area contributed by atoms with Crippen LogP contribution in [0.5, 0.6) is 0 Å². The van der Waals surface area contributed by atoms with Crippen molar-refractivity contribution in [3.05, 3.63) is 54.0 Å². The Morgan fingerprint density at radius 1 is 1.35 bits per heavy atom. The van der Waals surface area contributed by atoms with Gasteiger partial charge in [-0.3, -0.25) is 9.78 Å². The summed E-state index contributed by atoms with van der Waals surface area (Å²) in [6.07, 6.45) is 3.11. The second-order valence-electron chi connectivity index (χ2n) is 4.21. The monoisotopic (exact) mass is 272 g/mol. The Hall–Kier alpha value is -2.47. The maximum absolute atomic E-state index is 12.1. The zero-order valence-electron chi connectivity index (χ0n) is 11.1. The third-order valence-electron chi connectivity index (χ3n) is 2.73. The molecule has 0 saturated carbocycles. The standard InChI is InChI=1S/C14H16N4O2/c1-20-9-12(11-4-2-3-7-16-11)18-14(19)10-5-6-13(15)17-8-10/h2-8,12H,9H2,1H3,(H2,15,17)(H,18,19)/t12-/m0/s1. The van der Waals surface area contributed by atoms with Gasteiger partial charge in [0.25, 0.3) is 5.91 Å². The summed E-state index contributed by atoms with van der Waals surface area (Å²) < 4.78 is 5.12. The van der Waals surface area contributed by atoms with Crippen molar-refractivity contribution >= 4 is 11.7 Å². The SMILES string of the molecule is COC[C@H](NC(=O)c1ccc(N)nc1)c1ccccn1. The number of carbonyl (C=O) groups excluding carboxylic acids is 1. The fraction of sp³-hybridized carbons (Fsp3) is 0.214. The van der Waals surface area contributed by atoms with Crippen LogP contribution in [0.2, 0.25) is 0 Å². The van der Waals surface area contributed by atoms with Crippen molar-refractivity contribution < 1.29 is 9.53 Å². The number of aromatic nitrogens is 2. The molecule has 20 heavy (non-hydrogen) atoms. The number of amides is 1. The van der Waals surface area contributed by atoms with Gasteiger partial charge in [-0.2, -0.15) is 0 Å². The van der Waals surface area contributed by atoms with Gasteiger partial charge in [-0.25, -0.2) is 4.98 Å². The predicted octanol–water partition coefficient (Wildman–Crippen LogP) is 1.18. The lowest BCUT2D eigenvalue weighted by atomic mass is 10.1. The third-order valence-corrected chi connectivity index (χ3v) is 2.73. The van der Waals surface area contributed by atoms with E-state index in [4.69, 9.17) is 10.5 Å². The number of hydrogen-bond acceptors (Lipinski definition) is 5. The molecule has 2 rings (SSSR count). The molecule has 2 heterocycles. The Morgan fingerprint density at radius 3 is 2.80 bits per heavy atom. The molecule has 0 unspecified atom stereocenters. The molecule has 3 N–H and O–H groups in total. The minimum absolute atomic E-state index is 0.245. The quantitative estimate of drug-likeness (QED) is 0.853. The van der Waals surface area contributed by atoms with Crippen LogP contribution in [0.4, 0.5) is 5.82 Å². The molecule has 1 atom stereocenters. The summed E-state index contributed by atoms with van der Waals surface area (Å²) >= 11 is 0. The number of nitrogens with zero attached hydrogens (tertiary/aromatic N) is 2. The van der Waals surface area contributed by atoms with Crippen LogP contribution in [-0.2, 0) is 4.74 Å². The van der Waals surface area contributed by atoms with Crippen molar-refractivity contribution in [2.75, 3.05) is 19.5 Å². The molecule has 0 aliphatic heterocycles. The number of methoxy groups -OCH3 is 1. The highest BCUT2D eigenvalue weighted by molar-refractivity contribution is 5.94. The predicted molar refractivity (Wildman–Crippen MR) is 75.0 cm³/mol. The van der Waals surface area contributed by atoms with Crippen molar-refractivity contribution in [3.8, 4) is 0 Å². The molecule has 0 aromatic carbocycles. The van der Waals surface area contributed by atoms with Gasteiger partial charge in [-0.05, 0) is 24.3 Å². The third kappa shape index (κ3) is 3.52. The molecule has 0 bridgehead atoms. The average Bonchev–Trinajstić information content (AvgIpc) is 2.48. The minimum atomic E-state index is -0.314. The normalized spacial score (nSPS) is 11.8. The van der Waals surface area contributed by atoms with Crippen molar-refractivity contribution in [2.24, 2.45) is 0 Å². The van der Waals surface area contributed by atoms with E-state index in [-0.39, 0.29) is 11.9 Å². The molecule has 0 aliphatic rings. The van der Waals surface area contributed by atoms with Gasteiger partial charge in [-0.15, -0.1) is 0 Å². The molecule has 2 aromatic rings. The number of carbonyl (C=O) groups is 1. The highest BCUT2D eigenvalue weighted by Gasteiger charge is 2.16. The zero-order chi connectivity index (χ0) is 14.4. The topological polar surface area (TPSA) is 90.1 Å². The van der Waals surface area contributed by atoms with E-state index in [0.717, 1.165) is 5.69 Å². The highest BCUT2D eigenvalue weighted by atomic mass is 16.5. The summed E-state index contributed by atoms with van der Waals surface area (Å²) in [7, 11) is 1.58. The van der Waals surface area contributed by atoms with Gasteiger partial charge in [0, 0.05) is 19.5 Å². The van der Waals surface area contributed by atoms with Gasteiger partial charge in [0.15, 0.2) is 0 Å². The van der Waals surface area contributed by atoms with E-state index < -0.39 is 0 Å². The maximum atomic E-state index is 12.1. The van der Waals surface area contributed by atoms with Crippen molar-refractivity contribution in [1.29, 1.82) is 0 Å². The number of nitrogen functional groups attached to an aromatic ring is 1. The second-order valence-corrected chi connectivity index (χ2v) is 4.21. The Labute approximate surface area is 117 Å². The van der Waals surface area contributed by atoms with Gasteiger partial charge in [0.05, 0.1) is 23.9 Å². The molecule has 6 nitrogen and oxygen atoms in total. The summed E-state index contributed by atoms with van der Waals surface area (Å²) in [4.78, 5) is 20.3. The van der Waals surface area contributed by atoms with Gasteiger partial charge in [-0.1, -0.05) is 6.07 Å². The lowest BCUT2D eigenvalue weighted by Crippen LogP contribution is -2.32. The van der Waals surface area contributed by atoms with E-state index in [1.165, 1.54) is 6.20 Å². The van der Waals surface area contributed by atoms with E-state index in [0.29, 0.717) is 18.0 Å². The summed E-state index contributed by atoms with van der Waals surface area (Å²) in [5, 5.41) is 2.86. The molecule has 0 fully saturated rings. The molecule has 0 spiro atoms. The molecule has 2 aromatic heterocycles. The Morgan fingerprint density at radius 2 is 2.20 bits per heavy atom. The Bertz CT molecular complexity index is 557. The van der Waals surface area contributed by atoms with Crippen LogP contribution < -0.4 is 11.1 Å². The fourth-order valence-corrected chi connectivity index (χ4v) is 1.73. The van der Waals surface area contributed by atoms with Gasteiger partial charge in [0.2, 0.25) is 0 Å². The highest BCUT2D eigenvalue weighted by Crippen LogP contribution is 2.11. The number of nitrogens with one attached hydrogen (secondary N) is 1. The van der Waals surface area contributed by atoms with Gasteiger partial charge in [0.1, 0.15) is 5.82 Å². The van der Waals surface area contributed by atoms with Crippen LogP contribution in [0.15, 0.2) is 42.7 Å². The summed E-state index contributed by atoms with van der Waals surface area (Å²) in [5.41, 5.74) is 6.68. The Kier molecular flexibility index (Phi) is 4.62. The Balaban J connectivity index is 2.12. The van der Waals surface area contributed by atoms with E-state index in [1.807, 2.05) is 18.2 Å². The first-order valence-electron chi connectivity index (χ1n) is 6.13. The molecule has 0 saturated heterocycles. The molecule has 6 heteroatoms. The molecular weight excluding hydrogens is 256 g/mol. The van der Waals surface area contributed by atoms with Crippen molar-refractivity contribution in [3.63, 3.8) is 0 Å². The second kappa shape index (κ2) is 6.63. The lowest BCUT2D eigenvalue weighted by Gasteiger charge is -2.17. The van der Waals surface area contributed by atoms with Crippen molar-refractivity contribution in [2.45, 2.75) is 6.04 Å². The van der Waals surface area contributed by atoms with Crippen LogP contribution in [0.25, 0.3) is 0 Å². The number of anilines is 1. The molecule has 0 aliphatic carbocycles. The summed E-state index contributed by atoms with van der Waals surface area (Å²) in [6.45, 7) is 0.338. The van der Waals surface area contributed by atoms with E-state index >= 15 is 0 Å². The lowest BCUT2D eigenvalue weighted by molar-refractivity contribution is 0.0894. The van der Waals surface area contributed by atoms with Crippen LogP contribution in [0.1, 0.15) is 22.1 Å². The summed E-state index contributed by atoms with van der Waals surface area (Å²) in [6, 6.07) is 8.42. The van der Waals surface area contributed by atoms with E-state index in [9.17, 15) is 4.79 Å². The van der Waals surface area contributed by atoms with E-state index in [2.05, 4.69) is 15.3 Å². The van der Waals surface area contributed by atoms with E-state index in [1.54, 1.807) is 25.4 Å². The largest absolute Gasteiger partial charge is 0.384 e. The van der Waals surface area contributed by atoms with Crippen LogP contribution in [0.3, 0.4) is 0 Å². The van der Waals surface area contributed by atoms with Crippen molar-refractivity contribution in [1.82, 2.24) is 15.3 Å². The maximum Gasteiger partial charge on any atom is 0.253 e. The average molecular weight is 272 g/mol. The molecule has 104 valence electrons. The fourth-order valence-electron chi connectivity index (χ4n) is 1.73. The number of nitrogens with two attached hydrogens (primary N) is 1. The first-order valence-corrected chi connectivity index (χ1v) is 6.13. The molecule has 1 amide bonds. The van der Waals surface area contributed by atoms with Gasteiger partial charge >= 0.3 is 0 Å². The molecular formula is C14H16N4O2. The number of pyridine rings is 2. The number of hydrogen-bond donors (Lipinski definition) is 2. The summed E-state index contributed by atoms with van der Waals surface area (Å²) in [5.74, 6) is 0.130. The van der Waals surface area contributed by atoms with Crippen LogP contribution in [0, 0.1) is 0 Å². The van der Waals surface area contributed by atoms with Crippen LogP contribution >= 0.6 is 0 Å².